The van der Waals surface area contributed by atoms with E-state index in [1.165, 1.54) is 11.3 Å². The fourth-order valence-corrected chi connectivity index (χ4v) is 3.13. The highest BCUT2D eigenvalue weighted by Crippen LogP contribution is 2.25. The van der Waals surface area contributed by atoms with Crippen molar-refractivity contribution in [3.63, 3.8) is 0 Å². The molecule has 1 aromatic rings. The van der Waals surface area contributed by atoms with Gasteiger partial charge in [0.15, 0.2) is 0 Å². The SMILES string of the molecule is CCCN1CCOC(C(=O)c2sccc2Cl)C1. The fraction of sp³-hybridized carbons (Fsp3) is 0.583. The van der Waals surface area contributed by atoms with Crippen molar-refractivity contribution in [1.82, 2.24) is 4.90 Å². The average molecular weight is 274 g/mol. The zero-order chi connectivity index (χ0) is 12.3. The van der Waals surface area contributed by atoms with Crippen molar-refractivity contribution in [1.29, 1.82) is 0 Å². The maximum atomic E-state index is 12.2. The van der Waals surface area contributed by atoms with Gasteiger partial charge in [-0.2, -0.15) is 0 Å². The van der Waals surface area contributed by atoms with Gasteiger partial charge in [-0.3, -0.25) is 9.69 Å². The zero-order valence-corrected chi connectivity index (χ0v) is 11.4. The van der Waals surface area contributed by atoms with E-state index in [0.29, 0.717) is 23.1 Å². The van der Waals surface area contributed by atoms with E-state index in [9.17, 15) is 4.79 Å². The quantitative estimate of drug-likeness (QED) is 0.790. The van der Waals surface area contributed by atoms with Gasteiger partial charge >= 0.3 is 0 Å². The molecule has 0 aliphatic carbocycles. The lowest BCUT2D eigenvalue weighted by Gasteiger charge is -2.31. The Morgan fingerprint density at radius 2 is 2.53 bits per heavy atom. The van der Waals surface area contributed by atoms with Crippen molar-refractivity contribution < 1.29 is 9.53 Å². The van der Waals surface area contributed by atoms with Crippen LogP contribution in [0.4, 0.5) is 0 Å². The number of carbonyl (C=O) groups excluding carboxylic acids is 1. The molecule has 1 fully saturated rings. The fourth-order valence-electron chi connectivity index (χ4n) is 2.00. The molecule has 0 radical (unpaired) electrons. The Morgan fingerprint density at radius 3 is 3.18 bits per heavy atom. The Labute approximate surface area is 110 Å². The van der Waals surface area contributed by atoms with E-state index in [2.05, 4.69) is 11.8 Å². The van der Waals surface area contributed by atoms with Crippen LogP contribution >= 0.6 is 22.9 Å². The Morgan fingerprint density at radius 1 is 1.71 bits per heavy atom. The first-order valence-electron chi connectivity index (χ1n) is 5.83. The summed E-state index contributed by atoms with van der Waals surface area (Å²) in [6.45, 7) is 5.38. The summed E-state index contributed by atoms with van der Waals surface area (Å²) in [7, 11) is 0. The van der Waals surface area contributed by atoms with Gasteiger partial charge in [-0.25, -0.2) is 0 Å². The predicted octanol–water partition coefficient (Wildman–Crippen LogP) is 2.70. The Balaban J connectivity index is 2.02. The maximum absolute atomic E-state index is 12.2. The van der Waals surface area contributed by atoms with Crippen LogP contribution in [0.25, 0.3) is 0 Å². The van der Waals surface area contributed by atoms with E-state index < -0.39 is 0 Å². The molecule has 0 bridgehead atoms. The predicted molar refractivity (Wildman–Crippen MR) is 70.1 cm³/mol. The first kappa shape index (κ1) is 13.0. The van der Waals surface area contributed by atoms with Gasteiger partial charge in [-0.05, 0) is 24.4 Å². The second-order valence-corrected chi connectivity index (χ2v) is 5.45. The van der Waals surface area contributed by atoms with Gasteiger partial charge in [0.2, 0.25) is 5.78 Å². The summed E-state index contributed by atoms with van der Waals surface area (Å²) in [6.07, 6.45) is 0.743. The van der Waals surface area contributed by atoms with E-state index in [0.717, 1.165) is 19.5 Å². The molecule has 0 N–H and O–H groups in total. The summed E-state index contributed by atoms with van der Waals surface area (Å²) in [5, 5.41) is 2.37. The lowest BCUT2D eigenvalue weighted by Crippen LogP contribution is -2.46. The molecular weight excluding hydrogens is 258 g/mol. The van der Waals surface area contributed by atoms with E-state index in [1.807, 2.05) is 5.38 Å². The summed E-state index contributed by atoms with van der Waals surface area (Å²) < 4.78 is 5.55. The Kier molecular flexibility index (Phi) is 4.56. The topological polar surface area (TPSA) is 29.5 Å². The van der Waals surface area contributed by atoms with Crippen LogP contribution in [0, 0.1) is 0 Å². The first-order valence-corrected chi connectivity index (χ1v) is 7.09. The molecule has 1 saturated heterocycles. The molecule has 0 aromatic carbocycles. The van der Waals surface area contributed by atoms with Gasteiger partial charge in [0.1, 0.15) is 6.10 Å². The molecule has 1 aromatic heterocycles. The highest BCUT2D eigenvalue weighted by molar-refractivity contribution is 7.12. The van der Waals surface area contributed by atoms with Crippen molar-refractivity contribution in [3.8, 4) is 0 Å². The van der Waals surface area contributed by atoms with E-state index >= 15 is 0 Å². The van der Waals surface area contributed by atoms with E-state index in [-0.39, 0.29) is 11.9 Å². The molecule has 1 unspecified atom stereocenters. The van der Waals surface area contributed by atoms with Crippen molar-refractivity contribution in [2.45, 2.75) is 19.4 Å². The van der Waals surface area contributed by atoms with Crippen molar-refractivity contribution in [3.05, 3.63) is 21.3 Å². The second kappa shape index (κ2) is 5.96. The average Bonchev–Trinajstić information content (AvgIpc) is 2.75. The van der Waals surface area contributed by atoms with Crippen LogP contribution in [0.15, 0.2) is 11.4 Å². The van der Waals surface area contributed by atoms with Crippen LogP contribution in [0.5, 0.6) is 0 Å². The molecular formula is C12H16ClNO2S. The van der Waals surface area contributed by atoms with Crippen LogP contribution in [-0.2, 0) is 4.74 Å². The first-order chi connectivity index (χ1) is 8.22. The number of hydrogen-bond donors (Lipinski definition) is 0. The highest BCUT2D eigenvalue weighted by Gasteiger charge is 2.28. The molecule has 1 atom stereocenters. The van der Waals surface area contributed by atoms with E-state index in [1.54, 1.807) is 6.07 Å². The number of ether oxygens (including phenoxy) is 1. The third-order valence-corrected chi connectivity index (χ3v) is 4.18. The summed E-state index contributed by atoms with van der Waals surface area (Å²) in [5.41, 5.74) is 0. The summed E-state index contributed by atoms with van der Waals surface area (Å²) in [5.74, 6) is 0.0193. The van der Waals surface area contributed by atoms with Crippen molar-refractivity contribution >= 4 is 28.7 Å². The van der Waals surface area contributed by atoms with Gasteiger partial charge < -0.3 is 4.74 Å². The third-order valence-electron chi connectivity index (χ3n) is 2.82. The van der Waals surface area contributed by atoms with Gasteiger partial charge in [0.25, 0.3) is 0 Å². The number of nitrogens with zero attached hydrogens (tertiary/aromatic N) is 1. The van der Waals surface area contributed by atoms with Gasteiger partial charge in [-0.1, -0.05) is 18.5 Å². The molecule has 0 amide bonds. The van der Waals surface area contributed by atoms with Crippen molar-refractivity contribution in [2.75, 3.05) is 26.2 Å². The summed E-state index contributed by atoms with van der Waals surface area (Å²) in [6, 6.07) is 1.76. The number of thiophene rings is 1. The molecule has 94 valence electrons. The Bertz CT molecular complexity index is 392. The molecule has 17 heavy (non-hydrogen) atoms. The highest BCUT2D eigenvalue weighted by atomic mass is 35.5. The number of hydrogen-bond acceptors (Lipinski definition) is 4. The maximum Gasteiger partial charge on any atom is 0.204 e. The van der Waals surface area contributed by atoms with E-state index in [4.69, 9.17) is 16.3 Å². The zero-order valence-electron chi connectivity index (χ0n) is 9.82. The van der Waals surface area contributed by atoms with Crippen LogP contribution in [-0.4, -0.2) is 43.0 Å². The normalized spacial score (nSPS) is 21.6. The molecule has 2 heterocycles. The van der Waals surface area contributed by atoms with Crippen molar-refractivity contribution in [2.24, 2.45) is 0 Å². The van der Waals surface area contributed by atoms with Crippen LogP contribution < -0.4 is 0 Å². The molecule has 5 heteroatoms. The minimum atomic E-state index is -0.355. The van der Waals surface area contributed by atoms with Crippen LogP contribution in [0.3, 0.4) is 0 Å². The molecule has 2 rings (SSSR count). The second-order valence-electron chi connectivity index (χ2n) is 4.12. The van der Waals surface area contributed by atoms with Gasteiger partial charge in [-0.15, -0.1) is 11.3 Å². The minimum absolute atomic E-state index is 0.0193. The smallest absolute Gasteiger partial charge is 0.204 e. The molecule has 1 aliphatic heterocycles. The van der Waals surface area contributed by atoms with Crippen LogP contribution in [0.1, 0.15) is 23.0 Å². The number of ketones is 1. The van der Waals surface area contributed by atoms with Crippen LogP contribution in [0.2, 0.25) is 5.02 Å². The Hall–Kier alpha value is -0.420. The van der Waals surface area contributed by atoms with Gasteiger partial charge in [0, 0.05) is 13.1 Å². The monoisotopic (exact) mass is 273 g/mol. The number of halogens is 1. The largest absolute Gasteiger partial charge is 0.367 e. The third kappa shape index (κ3) is 3.07. The molecule has 0 spiro atoms. The number of rotatable bonds is 4. The lowest BCUT2D eigenvalue weighted by molar-refractivity contribution is -0.0161. The number of Topliss-reactive ketones (excluding diaryl/α,β-unsaturated/α-hetero) is 1. The minimum Gasteiger partial charge on any atom is -0.367 e. The molecule has 1 aliphatic rings. The summed E-state index contributed by atoms with van der Waals surface area (Å²) >= 11 is 7.36. The standard InChI is InChI=1S/C12H16ClNO2S/c1-2-4-14-5-6-16-10(8-14)11(15)12-9(13)3-7-17-12/h3,7,10H,2,4-6,8H2,1H3. The molecule has 0 saturated carbocycles. The number of morpholine rings is 1. The molecule has 3 nitrogen and oxygen atoms in total. The summed E-state index contributed by atoms with van der Waals surface area (Å²) in [4.78, 5) is 15.1. The van der Waals surface area contributed by atoms with Gasteiger partial charge in [0.05, 0.1) is 16.5 Å². The lowest BCUT2D eigenvalue weighted by atomic mass is 10.1. The number of carbonyl (C=O) groups is 1.